The lowest BCUT2D eigenvalue weighted by Crippen LogP contribution is -2.39. The summed E-state index contributed by atoms with van der Waals surface area (Å²) in [5.74, 6) is 0.789. The van der Waals surface area contributed by atoms with Crippen molar-refractivity contribution in [2.24, 2.45) is 0 Å². The molecule has 0 aliphatic rings. The average molecular weight is 791 g/mol. The van der Waals surface area contributed by atoms with Crippen molar-refractivity contribution in [1.82, 2.24) is 29.8 Å². The summed E-state index contributed by atoms with van der Waals surface area (Å²) in [7, 11) is 1.36. The van der Waals surface area contributed by atoms with E-state index in [1.54, 1.807) is 16.7 Å². The van der Waals surface area contributed by atoms with E-state index in [0.29, 0.717) is 41.2 Å². The van der Waals surface area contributed by atoms with E-state index in [0.717, 1.165) is 57.5 Å². The standard InChI is InChI=1S/C51H46N6O3/c1-4-5-29-47-46(49(58)56(36(2)52-47)35-39-19-15-16-27-44(39)50(59)60-3)34-37-30-32-38(33-31-37)43-26-17-18-28-45(43)48-53-54-55-57(48)51(40-20-9-6-10-21-40,41-22-11-7-12-23-41)42-24-13-8-14-25-42/h6-28,30-33H,4-5,29,34-35H2,1-3H3. The second-order valence-electron chi connectivity index (χ2n) is 14.9. The summed E-state index contributed by atoms with van der Waals surface area (Å²) in [6.45, 7) is 4.20. The largest absolute Gasteiger partial charge is 0.465 e. The Kier molecular flexibility index (Phi) is 11.7. The van der Waals surface area contributed by atoms with Crippen LogP contribution in [0.5, 0.6) is 0 Å². The molecule has 0 aliphatic carbocycles. The van der Waals surface area contributed by atoms with Gasteiger partial charge in [0.1, 0.15) is 11.4 Å². The number of methoxy groups -OCH3 is 1. The van der Waals surface area contributed by atoms with E-state index in [-0.39, 0.29) is 12.1 Å². The Hall–Kier alpha value is -7.26. The number of hydrogen-bond donors (Lipinski definition) is 0. The summed E-state index contributed by atoms with van der Waals surface area (Å²) in [6, 6.07) is 54.9. The lowest BCUT2D eigenvalue weighted by molar-refractivity contribution is 0.0599. The van der Waals surface area contributed by atoms with Gasteiger partial charge in [0.15, 0.2) is 5.82 Å². The van der Waals surface area contributed by atoms with Gasteiger partial charge in [0.2, 0.25) is 0 Å². The molecule has 0 radical (unpaired) electrons. The summed E-state index contributed by atoms with van der Waals surface area (Å²) < 4.78 is 8.66. The highest BCUT2D eigenvalue weighted by Gasteiger charge is 2.42. The molecule has 0 spiro atoms. The Morgan fingerprint density at radius 2 is 1.27 bits per heavy atom. The molecule has 0 fully saturated rings. The van der Waals surface area contributed by atoms with Gasteiger partial charge >= 0.3 is 5.97 Å². The summed E-state index contributed by atoms with van der Waals surface area (Å²) >= 11 is 0. The van der Waals surface area contributed by atoms with Crippen LogP contribution >= 0.6 is 0 Å². The van der Waals surface area contributed by atoms with Gasteiger partial charge < -0.3 is 4.74 Å². The van der Waals surface area contributed by atoms with Gasteiger partial charge in [-0.25, -0.2) is 14.5 Å². The molecule has 0 unspecified atom stereocenters. The molecule has 8 aromatic rings. The van der Waals surface area contributed by atoms with Crippen LogP contribution in [-0.2, 0) is 29.7 Å². The number of rotatable bonds is 14. The van der Waals surface area contributed by atoms with E-state index in [2.05, 4.69) is 121 Å². The van der Waals surface area contributed by atoms with Crippen LogP contribution in [0.4, 0.5) is 0 Å². The number of unbranched alkanes of at least 4 members (excludes halogenated alkanes) is 1. The second kappa shape index (κ2) is 17.7. The van der Waals surface area contributed by atoms with Crippen LogP contribution in [0.2, 0.25) is 0 Å². The van der Waals surface area contributed by atoms with E-state index < -0.39 is 11.5 Å². The Morgan fingerprint density at radius 1 is 0.700 bits per heavy atom. The topological polar surface area (TPSA) is 105 Å². The van der Waals surface area contributed by atoms with Crippen LogP contribution in [0, 0.1) is 6.92 Å². The lowest BCUT2D eigenvalue weighted by Gasteiger charge is -2.36. The summed E-state index contributed by atoms with van der Waals surface area (Å²) in [5, 5.41) is 13.8. The van der Waals surface area contributed by atoms with Crippen LogP contribution in [0.15, 0.2) is 169 Å². The lowest BCUT2D eigenvalue weighted by atomic mass is 9.77. The molecule has 60 heavy (non-hydrogen) atoms. The van der Waals surface area contributed by atoms with Crippen molar-refractivity contribution < 1.29 is 9.53 Å². The predicted molar refractivity (Wildman–Crippen MR) is 235 cm³/mol. The fourth-order valence-corrected chi connectivity index (χ4v) is 8.23. The first kappa shape index (κ1) is 39.6. The van der Waals surface area contributed by atoms with E-state index in [9.17, 15) is 9.59 Å². The first-order chi connectivity index (χ1) is 29.4. The Labute approximate surface area is 350 Å². The highest BCUT2D eigenvalue weighted by atomic mass is 16.5. The quantitative estimate of drug-likeness (QED) is 0.0799. The van der Waals surface area contributed by atoms with Crippen molar-refractivity contribution in [2.45, 2.75) is 51.6 Å². The zero-order chi connectivity index (χ0) is 41.5. The minimum absolute atomic E-state index is 0.103. The highest BCUT2D eigenvalue weighted by Crippen LogP contribution is 2.43. The van der Waals surface area contributed by atoms with Crippen LogP contribution in [0.3, 0.4) is 0 Å². The molecule has 0 bridgehead atoms. The van der Waals surface area contributed by atoms with Gasteiger partial charge in [-0.05, 0) is 75.2 Å². The van der Waals surface area contributed by atoms with Gasteiger partial charge in [-0.2, -0.15) is 0 Å². The molecule has 0 amide bonds. The third kappa shape index (κ3) is 7.57. The third-order valence-corrected chi connectivity index (χ3v) is 11.2. The van der Waals surface area contributed by atoms with E-state index in [4.69, 9.17) is 20.0 Å². The van der Waals surface area contributed by atoms with Crippen molar-refractivity contribution >= 4 is 5.97 Å². The monoisotopic (exact) mass is 790 g/mol. The summed E-state index contributed by atoms with van der Waals surface area (Å²) in [5.41, 5.74) is 8.49. The molecule has 2 heterocycles. The maximum Gasteiger partial charge on any atom is 0.338 e. The number of ether oxygens (including phenoxy) is 1. The fraction of sp³-hybridized carbons (Fsp3) is 0.176. The Bertz CT molecular complexity index is 2690. The van der Waals surface area contributed by atoms with Crippen LogP contribution < -0.4 is 5.56 Å². The first-order valence-electron chi connectivity index (χ1n) is 20.3. The maximum atomic E-state index is 14.4. The highest BCUT2D eigenvalue weighted by molar-refractivity contribution is 5.91. The Balaban J connectivity index is 1.19. The van der Waals surface area contributed by atoms with Gasteiger partial charge in [0, 0.05) is 17.5 Å². The molecule has 2 aromatic heterocycles. The predicted octanol–water partition coefficient (Wildman–Crippen LogP) is 9.48. The van der Waals surface area contributed by atoms with E-state index in [1.165, 1.54) is 7.11 Å². The molecule has 9 heteroatoms. The average Bonchev–Trinajstić information content (AvgIpc) is 3.80. The maximum absolute atomic E-state index is 14.4. The SMILES string of the molecule is CCCCc1nc(C)n(Cc2ccccc2C(=O)OC)c(=O)c1Cc1ccc(-c2ccccc2-c2nnnn2C(c2ccccc2)(c2ccccc2)c2ccccc2)cc1. The molecule has 0 aliphatic heterocycles. The molecule has 0 N–H and O–H groups in total. The van der Waals surface area contributed by atoms with Crippen molar-refractivity contribution in [1.29, 1.82) is 0 Å². The normalized spacial score (nSPS) is 11.4. The molecule has 0 atom stereocenters. The van der Waals surface area contributed by atoms with E-state index in [1.807, 2.05) is 54.1 Å². The number of aryl methyl sites for hydroxylation is 2. The van der Waals surface area contributed by atoms with E-state index >= 15 is 0 Å². The van der Waals surface area contributed by atoms with Crippen molar-refractivity contribution in [3.8, 4) is 22.5 Å². The second-order valence-corrected chi connectivity index (χ2v) is 14.9. The number of benzene rings is 6. The molecule has 0 saturated carbocycles. The van der Waals surface area contributed by atoms with Gasteiger partial charge in [-0.15, -0.1) is 5.10 Å². The molecule has 8 rings (SSSR count). The molecule has 0 saturated heterocycles. The van der Waals surface area contributed by atoms with Crippen LogP contribution in [0.25, 0.3) is 22.5 Å². The van der Waals surface area contributed by atoms with Crippen molar-refractivity contribution in [2.75, 3.05) is 7.11 Å². The number of nitrogens with zero attached hydrogens (tertiary/aromatic N) is 6. The number of carbonyl (C=O) groups excluding carboxylic acids is 1. The smallest absolute Gasteiger partial charge is 0.338 e. The van der Waals surface area contributed by atoms with Crippen LogP contribution in [-0.4, -0.2) is 42.8 Å². The van der Waals surface area contributed by atoms with Gasteiger partial charge in [0.05, 0.1) is 24.9 Å². The first-order valence-corrected chi connectivity index (χ1v) is 20.3. The van der Waals surface area contributed by atoms with Gasteiger partial charge in [-0.3, -0.25) is 9.36 Å². The number of esters is 1. The minimum Gasteiger partial charge on any atom is -0.465 e. The minimum atomic E-state index is -0.897. The van der Waals surface area contributed by atoms with Gasteiger partial charge in [0.25, 0.3) is 5.56 Å². The summed E-state index contributed by atoms with van der Waals surface area (Å²) in [6.07, 6.45) is 3.02. The number of tetrazole rings is 1. The van der Waals surface area contributed by atoms with Gasteiger partial charge in [-0.1, -0.05) is 171 Å². The number of carbonyl (C=O) groups is 1. The van der Waals surface area contributed by atoms with Crippen LogP contribution in [0.1, 0.15) is 75.0 Å². The van der Waals surface area contributed by atoms with Crippen molar-refractivity contribution in [3.05, 3.63) is 225 Å². The third-order valence-electron chi connectivity index (χ3n) is 11.2. The molecular formula is C51H46N6O3. The molecule has 9 nitrogen and oxygen atoms in total. The fourth-order valence-electron chi connectivity index (χ4n) is 8.23. The summed E-state index contributed by atoms with van der Waals surface area (Å²) in [4.78, 5) is 32.0. The molecular weight excluding hydrogens is 745 g/mol. The molecule has 298 valence electrons. The zero-order valence-electron chi connectivity index (χ0n) is 34.0. The Morgan fingerprint density at radius 3 is 1.87 bits per heavy atom. The zero-order valence-corrected chi connectivity index (χ0v) is 34.0. The van der Waals surface area contributed by atoms with Crippen molar-refractivity contribution in [3.63, 3.8) is 0 Å². The number of aromatic nitrogens is 6. The number of hydrogen-bond acceptors (Lipinski definition) is 7. The molecule has 6 aromatic carbocycles.